The average molecular weight is 370 g/mol. The number of unbranched alkanes of at least 4 members (excludes halogenated alkanes) is 1. The number of benzene rings is 1. The molecule has 1 aromatic rings. The van der Waals surface area contributed by atoms with Crippen LogP contribution in [-0.2, 0) is 0 Å². The predicted molar refractivity (Wildman–Crippen MR) is 107 cm³/mol. The fourth-order valence-corrected chi connectivity index (χ4v) is 4.21. The van der Waals surface area contributed by atoms with Gasteiger partial charge in [0.1, 0.15) is 0 Å². The molecular weight excluding hydrogens is 340 g/mol. The van der Waals surface area contributed by atoms with Gasteiger partial charge < -0.3 is 10.2 Å². The second-order valence-corrected chi connectivity index (χ2v) is 7.84. The van der Waals surface area contributed by atoms with Gasteiger partial charge in [0.2, 0.25) is 0 Å². The smallest absolute Gasteiger partial charge is 0.261 e. The van der Waals surface area contributed by atoms with Crippen molar-refractivity contribution in [1.82, 2.24) is 15.1 Å². The maximum atomic E-state index is 12.4. The molecule has 2 aliphatic heterocycles. The van der Waals surface area contributed by atoms with Crippen LogP contribution >= 0.6 is 0 Å². The van der Waals surface area contributed by atoms with Gasteiger partial charge in [-0.2, -0.15) is 0 Å². The number of rotatable bonds is 5. The highest BCUT2D eigenvalue weighted by Gasteiger charge is 2.34. The number of hydrogen-bond acceptors (Lipinski definition) is 3. The Balaban J connectivity index is 1.43. The summed E-state index contributed by atoms with van der Waals surface area (Å²) >= 11 is 0. The van der Waals surface area contributed by atoms with Gasteiger partial charge in [-0.15, -0.1) is 0 Å². The van der Waals surface area contributed by atoms with E-state index >= 15 is 0 Å². The molecule has 0 radical (unpaired) electrons. The highest BCUT2D eigenvalue weighted by Crippen LogP contribution is 2.23. The number of carbonyl (C=O) groups excluding carboxylic acids is 2. The molecule has 146 valence electrons. The van der Waals surface area contributed by atoms with Gasteiger partial charge in [-0.3, -0.25) is 19.5 Å². The third-order valence-corrected chi connectivity index (χ3v) is 5.35. The number of carbonyl (C=O) groups is 2. The number of imide groups is 1. The molecule has 1 saturated heterocycles. The SMILES string of the molecule is CN=C(NCCCCN1C(=O)c2ccccc2C1=O)N1CC(C)CC(C)C1. The fourth-order valence-electron chi connectivity index (χ4n) is 4.21. The summed E-state index contributed by atoms with van der Waals surface area (Å²) in [6.07, 6.45) is 2.93. The number of piperidine rings is 1. The Morgan fingerprint density at radius 1 is 1.07 bits per heavy atom. The van der Waals surface area contributed by atoms with E-state index in [1.807, 2.05) is 7.05 Å². The minimum atomic E-state index is -0.171. The maximum Gasteiger partial charge on any atom is 0.261 e. The molecular formula is C21H30N4O2. The van der Waals surface area contributed by atoms with Crippen LogP contribution in [0.1, 0.15) is 53.8 Å². The minimum Gasteiger partial charge on any atom is -0.356 e. The summed E-state index contributed by atoms with van der Waals surface area (Å²) < 4.78 is 0. The first-order chi connectivity index (χ1) is 13.0. The lowest BCUT2D eigenvalue weighted by Gasteiger charge is -2.37. The fraction of sp³-hybridized carbons (Fsp3) is 0.571. The summed E-state index contributed by atoms with van der Waals surface area (Å²) in [5, 5.41) is 3.43. The lowest BCUT2D eigenvalue weighted by atomic mass is 9.92. The number of hydrogen-bond donors (Lipinski definition) is 1. The zero-order valence-electron chi connectivity index (χ0n) is 16.6. The molecule has 1 N–H and O–H groups in total. The van der Waals surface area contributed by atoms with Crippen LogP contribution in [0.3, 0.4) is 0 Å². The molecule has 0 aliphatic carbocycles. The molecule has 0 aromatic heterocycles. The van der Waals surface area contributed by atoms with Crippen molar-refractivity contribution in [2.24, 2.45) is 16.8 Å². The Bertz CT molecular complexity index is 686. The second-order valence-electron chi connectivity index (χ2n) is 7.84. The molecule has 2 amide bonds. The lowest BCUT2D eigenvalue weighted by molar-refractivity contribution is 0.0652. The van der Waals surface area contributed by atoms with Crippen LogP contribution in [0.5, 0.6) is 0 Å². The summed E-state index contributed by atoms with van der Waals surface area (Å²) in [6, 6.07) is 7.04. The number of fused-ring (bicyclic) bond motifs is 1. The van der Waals surface area contributed by atoms with Crippen LogP contribution in [0.2, 0.25) is 0 Å². The van der Waals surface area contributed by atoms with Gasteiger partial charge in [-0.1, -0.05) is 26.0 Å². The predicted octanol–water partition coefficient (Wildman–Crippen LogP) is 2.62. The Morgan fingerprint density at radius 2 is 1.67 bits per heavy atom. The van der Waals surface area contributed by atoms with E-state index in [9.17, 15) is 9.59 Å². The van der Waals surface area contributed by atoms with Gasteiger partial charge in [0.15, 0.2) is 5.96 Å². The Morgan fingerprint density at radius 3 is 2.22 bits per heavy atom. The zero-order valence-corrected chi connectivity index (χ0v) is 16.6. The number of guanidine groups is 1. The van der Waals surface area contributed by atoms with Crippen molar-refractivity contribution in [1.29, 1.82) is 0 Å². The largest absolute Gasteiger partial charge is 0.356 e. The molecule has 0 saturated carbocycles. The summed E-state index contributed by atoms with van der Waals surface area (Å²) in [5.74, 6) is 1.97. The van der Waals surface area contributed by atoms with Gasteiger partial charge in [-0.25, -0.2) is 0 Å². The van der Waals surface area contributed by atoms with E-state index in [1.165, 1.54) is 11.3 Å². The Kier molecular flexibility index (Phi) is 6.14. The number of aliphatic imine (C=N–C) groups is 1. The first kappa shape index (κ1) is 19.4. The highest BCUT2D eigenvalue weighted by molar-refractivity contribution is 6.21. The van der Waals surface area contributed by atoms with Crippen LogP contribution in [0.15, 0.2) is 29.3 Å². The minimum absolute atomic E-state index is 0.171. The average Bonchev–Trinajstić information content (AvgIpc) is 2.89. The molecule has 2 heterocycles. The van der Waals surface area contributed by atoms with Crippen molar-refractivity contribution in [2.75, 3.05) is 33.2 Å². The molecule has 2 atom stereocenters. The molecule has 27 heavy (non-hydrogen) atoms. The molecule has 3 rings (SSSR count). The molecule has 1 aromatic carbocycles. The highest BCUT2D eigenvalue weighted by atomic mass is 16.2. The summed E-state index contributed by atoms with van der Waals surface area (Å²) in [7, 11) is 1.82. The first-order valence-electron chi connectivity index (χ1n) is 9.92. The number of nitrogens with one attached hydrogen (secondary N) is 1. The molecule has 0 spiro atoms. The third kappa shape index (κ3) is 4.31. The van der Waals surface area contributed by atoms with Gasteiger partial charge in [0, 0.05) is 33.2 Å². The van der Waals surface area contributed by atoms with E-state index in [0.717, 1.165) is 38.4 Å². The third-order valence-electron chi connectivity index (χ3n) is 5.35. The molecule has 6 nitrogen and oxygen atoms in total. The lowest BCUT2D eigenvalue weighted by Crippen LogP contribution is -2.48. The quantitative estimate of drug-likeness (QED) is 0.374. The van der Waals surface area contributed by atoms with Crippen molar-refractivity contribution in [2.45, 2.75) is 33.1 Å². The summed E-state index contributed by atoms with van der Waals surface area (Å²) in [5.41, 5.74) is 1.05. The number of likely N-dealkylation sites (tertiary alicyclic amines) is 1. The first-order valence-corrected chi connectivity index (χ1v) is 9.92. The van der Waals surface area contributed by atoms with Crippen molar-refractivity contribution < 1.29 is 9.59 Å². The second kappa shape index (κ2) is 8.55. The van der Waals surface area contributed by atoms with Crippen molar-refractivity contribution in [3.63, 3.8) is 0 Å². The summed E-state index contributed by atoms with van der Waals surface area (Å²) in [4.78, 5) is 32.8. The van der Waals surface area contributed by atoms with Crippen LogP contribution in [0.4, 0.5) is 0 Å². The van der Waals surface area contributed by atoms with Crippen molar-refractivity contribution in [3.05, 3.63) is 35.4 Å². The molecule has 6 heteroatoms. The molecule has 1 fully saturated rings. The van der Waals surface area contributed by atoms with Gasteiger partial charge in [-0.05, 0) is 43.2 Å². The number of nitrogens with zero attached hydrogens (tertiary/aromatic N) is 3. The van der Waals surface area contributed by atoms with E-state index in [2.05, 4.69) is 29.1 Å². The van der Waals surface area contributed by atoms with Crippen molar-refractivity contribution >= 4 is 17.8 Å². The normalized spacial score (nSPS) is 23.0. The van der Waals surface area contributed by atoms with Crippen LogP contribution in [-0.4, -0.2) is 60.8 Å². The summed E-state index contributed by atoms with van der Waals surface area (Å²) in [6.45, 7) is 7.91. The van der Waals surface area contributed by atoms with Crippen LogP contribution in [0.25, 0.3) is 0 Å². The maximum absolute atomic E-state index is 12.4. The van der Waals surface area contributed by atoms with E-state index in [0.29, 0.717) is 29.5 Å². The van der Waals surface area contributed by atoms with Crippen molar-refractivity contribution in [3.8, 4) is 0 Å². The Hall–Kier alpha value is -2.37. The van der Waals surface area contributed by atoms with E-state index in [1.54, 1.807) is 24.3 Å². The van der Waals surface area contributed by atoms with Crippen LogP contribution in [0, 0.1) is 11.8 Å². The standard InChI is InChI=1S/C21H30N4O2/c1-15-12-16(2)14-24(13-15)21(22-3)23-10-6-7-11-25-19(26)17-8-4-5-9-18(17)20(25)27/h4-5,8-9,15-16H,6-7,10-14H2,1-3H3,(H,22,23). The molecule has 0 bridgehead atoms. The van der Waals surface area contributed by atoms with E-state index < -0.39 is 0 Å². The van der Waals surface area contributed by atoms with Gasteiger partial charge in [0.25, 0.3) is 11.8 Å². The van der Waals surface area contributed by atoms with E-state index in [4.69, 9.17) is 0 Å². The zero-order chi connectivity index (χ0) is 19.4. The van der Waals surface area contributed by atoms with Gasteiger partial charge in [0.05, 0.1) is 11.1 Å². The molecule has 2 unspecified atom stereocenters. The van der Waals surface area contributed by atoms with Crippen LogP contribution < -0.4 is 5.32 Å². The Labute approximate surface area is 161 Å². The monoisotopic (exact) mass is 370 g/mol. The topological polar surface area (TPSA) is 65.0 Å². The molecule has 2 aliphatic rings. The number of amides is 2. The van der Waals surface area contributed by atoms with E-state index in [-0.39, 0.29) is 11.8 Å². The van der Waals surface area contributed by atoms with Gasteiger partial charge >= 0.3 is 0 Å².